The van der Waals surface area contributed by atoms with E-state index in [2.05, 4.69) is 32.9 Å². The first kappa shape index (κ1) is 14.1. The van der Waals surface area contributed by atoms with Gasteiger partial charge < -0.3 is 5.11 Å². The lowest BCUT2D eigenvalue weighted by Gasteiger charge is -2.25. The fraction of sp³-hybridized carbons (Fsp3) is 0.684. The van der Waals surface area contributed by atoms with Gasteiger partial charge in [-0.05, 0) is 87.3 Å². The molecule has 0 amide bonds. The summed E-state index contributed by atoms with van der Waals surface area (Å²) in [5.74, 6) is 2.71. The zero-order valence-corrected chi connectivity index (χ0v) is 13.2. The van der Waals surface area contributed by atoms with Crippen LogP contribution in [0.1, 0.15) is 54.4 Å². The highest BCUT2D eigenvalue weighted by Crippen LogP contribution is 2.50. The summed E-state index contributed by atoms with van der Waals surface area (Å²) < 4.78 is 0. The van der Waals surface area contributed by atoms with Crippen molar-refractivity contribution < 1.29 is 5.11 Å². The SMILES string of the molecule is Cc1cc(C)c(CC(O)CC2CC3CCC2C3)c(C)c1. The van der Waals surface area contributed by atoms with Crippen LogP contribution < -0.4 is 0 Å². The molecule has 0 radical (unpaired) electrons. The van der Waals surface area contributed by atoms with Crippen LogP contribution in [0.15, 0.2) is 12.1 Å². The molecule has 110 valence electrons. The van der Waals surface area contributed by atoms with Gasteiger partial charge in [-0.3, -0.25) is 0 Å². The van der Waals surface area contributed by atoms with Crippen LogP contribution in [0, 0.1) is 38.5 Å². The first-order valence-corrected chi connectivity index (χ1v) is 8.27. The van der Waals surface area contributed by atoms with Gasteiger partial charge in [0.05, 0.1) is 6.10 Å². The molecule has 2 aliphatic carbocycles. The van der Waals surface area contributed by atoms with Crippen molar-refractivity contribution in [2.75, 3.05) is 0 Å². The maximum atomic E-state index is 10.5. The second kappa shape index (κ2) is 5.52. The highest BCUT2D eigenvalue weighted by atomic mass is 16.3. The molecule has 0 spiro atoms. The second-order valence-electron chi connectivity index (χ2n) is 7.41. The molecule has 0 saturated heterocycles. The van der Waals surface area contributed by atoms with Crippen molar-refractivity contribution in [1.29, 1.82) is 0 Å². The Morgan fingerprint density at radius 3 is 2.35 bits per heavy atom. The zero-order chi connectivity index (χ0) is 14.3. The van der Waals surface area contributed by atoms with Gasteiger partial charge >= 0.3 is 0 Å². The van der Waals surface area contributed by atoms with Gasteiger partial charge in [0.25, 0.3) is 0 Å². The molecule has 2 saturated carbocycles. The topological polar surface area (TPSA) is 20.2 Å². The van der Waals surface area contributed by atoms with Crippen LogP contribution in [0.25, 0.3) is 0 Å². The molecule has 1 heteroatoms. The molecule has 0 aliphatic heterocycles. The smallest absolute Gasteiger partial charge is 0.0583 e. The summed E-state index contributed by atoms with van der Waals surface area (Å²) in [6.07, 6.45) is 7.41. The maximum absolute atomic E-state index is 10.5. The number of benzene rings is 1. The lowest BCUT2D eigenvalue weighted by molar-refractivity contribution is 0.124. The molecule has 4 unspecified atom stereocenters. The Hall–Kier alpha value is -0.820. The van der Waals surface area contributed by atoms with Crippen LogP contribution in [0.3, 0.4) is 0 Å². The van der Waals surface area contributed by atoms with Crippen LogP contribution in [0.4, 0.5) is 0 Å². The van der Waals surface area contributed by atoms with E-state index >= 15 is 0 Å². The molecule has 3 rings (SSSR count). The van der Waals surface area contributed by atoms with E-state index in [1.54, 1.807) is 0 Å². The third-order valence-electron chi connectivity index (χ3n) is 5.74. The largest absolute Gasteiger partial charge is 0.393 e. The van der Waals surface area contributed by atoms with E-state index < -0.39 is 0 Å². The van der Waals surface area contributed by atoms with Crippen LogP contribution in [-0.2, 0) is 6.42 Å². The quantitative estimate of drug-likeness (QED) is 0.864. The normalized spacial score (nSPS) is 29.9. The van der Waals surface area contributed by atoms with Crippen molar-refractivity contribution in [2.45, 2.75) is 65.4 Å². The number of aliphatic hydroxyl groups is 1. The van der Waals surface area contributed by atoms with Gasteiger partial charge in [-0.2, -0.15) is 0 Å². The number of hydrogen-bond donors (Lipinski definition) is 1. The maximum Gasteiger partial charge on any atom is 0.0583 e. The molecule has 1 N–H and O–H groups in total. The van der Waals surface area contributed by atoms with E-state index in [1.165, 1.54) is 47.9 Å². The minimum atomic E-state index is -0.153. The van der Waals surface area contributed by atoms with Crippen LogP contribution in [0.5, 0.6) is 0 Å². The minimum absolute atomic E-state index is 0.153. The summed E-state index contributed by atoms with van der Waals surface area (Å²) in [6, 6.07) is 4.49. The zero-order valence-electron chi connectivity index (χ0n) is 13.2. The van der Waals surface area contributed by atoms with Gasteiger partial charge in [-0.25, -0.2) is 0 Å². The van der Waals surface area contributed by atoms with E-state index in [0.29, 0.717) is 0 Å². The molecule has 0 heterocycles. The van der Waals surface area contributed by atoms with Crippen molar-refractivity contribution in [2.24, 2.45) is 17.8 Å². The fourth-order valence-corrected chi connectivity index (χ4v) is 4.87. The third kappa shape index (κ3) is 2.79. The average Bonchev–Trinajstić information content (AvgIpc) is 2.95. The first-order valence-electron chi connectivity index (χ1n) is 8.27. The molecule has 2 bridgehead atoms. The van der Waals surface area contributed by atoms with E-state index in [0.717, 1.165) is 30.6 Å². The van der Waals surface area contributed by atoms with E-state index in [4.69, 9.17) is 0 Å². The van der Waals surface area contributed by atoms with E-state index in [9.17, 15) is 5.11 Å². The van der Waals surface area contributed by atoms with Crippen molar-refractivity contribution in [3.05, 3.63) is 34.4 Å². The lowest BCUT2D eigenvalue weighted by Crippen LogP contribution is -2.21. The van der Waals surface area contributed by atoms with Gasteiger partial charge in [0, 0.05) is 0 Å². The molecule has 2 fully saturated rings. The highest BCUT2D eigenvalue weighted by molar-refractivity contribution is 5.37. The lowest BCUT2D eigenvalue weighted by atomic mass is 9.83. The molecule has 1 aromatic rings. The number of aryl methyl sites for hydroxylation is 3. The summed E-state index contributed by atoms with van der Waals surface area (Å²) in [5.41, 5.74) is 5.38. The molecule has 4 atom stereocenters. The van der Waals surface area contributed by atoms with E-state index in [1.807, 2.05) is 0 Å². The summed E-state index contributed by atoms with van der Waals surface area (Å²) in [5, 5.41) is 10.5. The Balaban J connectivity index is 1.63. The average molecular weight is 272 g/mol. The predicted octanol–water partition coefficient (Wildman–Crippen LogP) is 4.34. The second-order valence-corrected chi connectivity index (χ2v) is 7.41. The molecular weight excluding hydrogens is 244 g/mol. The number of aliphatic hydroxyl groups excluding tert-OH is 1. The van der Waals surface area contributed by atoms with Crippen LogP contribution in [-0.4, -0.2) is 11.2 Å². The molecule has 1 aromatic carbocycles. The first-order chi connectivity index (χ1) is 9.52. The summed E-state index contributed by atoms with van der Waals surface area (Å²) in [6.45, 7) is 6.51. The Kier molecular flexibility index (Phi) is 3.90. The van der Waals surface area contributed by atoms with Gasteiger partial charge in [-0.15, -0.1) is 0 Å². The Bertz CT molecular complexity index is 468. The van der Waals surface area contributed by atoms with Gasteiger partial charge in [0.2, 0.25) is 0 Å². The van der Waals surface area contributed by atoms with Gasteiger partial charge in [0.1, 0.15) is 0 Å². The predicted molar refractivity (Wildman–Crippen MR) is 83.9 cm³/mol. The van der Waals surface area contributed by atoms with Crippen LogP contribution >= 0.6 is 0 Å². The Labute approximate surface area is 123 Å². The summed E-state index contributed by atoms with van der Waals surface area (Å²) in [7, 11) is 0. The van der Waals surface area contributed by atoms with Gasteiger partial charge in [0.15, 0.2) is 0 Å². The molecule has 2 aliphatic rings. The monoisotopic (exact) mass is 272 g/mol. The summed E-state index contributed by atoms with van der Waals surface area (Å²) in [4.78, 5) is 0. The molecular formula is C19H28O. The van der Waals surface area contributed by atoms with Gasteiger partial charge in [-0.1, -0.05) is 24.1 Å². The molecule has 20 heavy (non-hydrogen) atoms. The van der Waals surface area contributed by atoms with Crippen LogP contribution in [0.2, 0.25) is 0 Å². The number of rotatable bonds is 4. The standard InChI is InChI=1S/C19H28O/c1-12-6-13(2)19(14(3)7-12)11-18(20)10-17-9-15-4-5-16(17)8-15/h6-7,15-18,20H,4-5,8-11H2,1-3H3. The highest BCUT2D eigenvalue weighted by Gasteiger charge is 2.39. The minimum Gasteiger partial charge on any atom is -0.393 e. The number of fused-ring (bicyclic) bond motifs is 2. The van der Waals surface area contributed by atoms with Crippen molar-refractivity contribution in [1.82, 2.24) is 0 Å². The van der Waals surface area contributed by atoms with Crippen molar-refractivity contribution in [3.8, 4) is 0 Å². The summed E-state index contributed by atoms with van der Waals surface area (Å²) >= 11 is 0. The third-order valence-corrected chi connectivity index (χ3v) is 5.74. The Morgan fingerprint density at radius 1 is 1.10 bits per heavy atom. The molecule has 1 nitrogen and oxygen atoms in total. The fourth-order valence-electron chi connectivity index (χ4n) is 4.87. The molecule has 0 aromatic heterocycles. The number of hydrogen-bond acceptors (Lipinski definition) is 1. The Morgan fingerprint density at radius 2 is 1.80 bits per heavy atom. The van der Waals surface area contributed by atoms with Crippen molar-refractivity contribution >= 4 is 0 Å². The van der Waals surface area contributed by atoms with Crippen molar-refractivity contribution in [3.63, 3.8) is 0 Å². The van der Waals surface area contributed by atoms with E-state index in [-0.39, 0.29) is 6.10 Å².